The van der Waals surface area contributed by atoms with Gasteiger partial charge in [0.15, 0.2) is 0 Å². The van der Waals surface area contributed by atoms with Crippen LogP contribution in [0.25, 0.3) is 0 Å². The first-order valence-electron chi connectivity index (χ1n) is 4.45. The summed E-state index contributed by atoms with van der Waals surface area (Å²) in [6, 6.07) is -0.620. The van der Waals surface area contributed by atoms with Gasteiger partial charge in [0.05, 0.1) is 0 Å². The summed E-state index contributed by atoms with van der Waals surface area (Å²) in [4.78, 5) is 21.2. The van der Waals surface area contributed by atoms with Crippen molar-refractivity contribution < 1.29 is 14.7 Å². The van der Waals surface area contributed by atoms with Crippen molar-refractivity contribution in [1.82, 2.24) is 5.32 Å². The molecule has 0 radical (unpaired) electrons. The van der Waals surface area contributed by atoms with Gasteiger partial charge in [0.1, 0.15) is 6.04 Å². The fraction of sp³-hybridized carbons (Fsp3) is 0.750. The van der Waals surface area contributed by atoms with E-state index < -0.39 is 12.0 Å². The van der Waals surface area contributed by atoms with Crippen LogP contribution in [0.3, 0.4) is 0 Å². The first-order chi connectivity index (χ1) is 6.59. The van der Waals surface area contributed by atoms with E-state index in [1.54, 1.807) is 0 Å². The molecule has 1 aliphatic rings. The monoisotopic (exact) mass is 218 g/mol. The third-order valence-corrected chi connectivity index (χ3v) is 3.25. The number of hydrogen-bond donors (Lipinski definition) is 3. The largest absolute Gasteiger partial charge is 0.480 e. The lowest BCUT2D eigenvalue weighted by Gasteiger charge is -2.10. The highest BCUT2D eigenvalue weighted by Gasteiger charge is 2.21. The number of hydrogen-bond acceptors (Lipinski definition) is 4. The van der Waals surface area contributed by atoms with E-state index >= 15 is 0 Å². The maximum absolute atomic E-state index is 10.8. The van der Waals surface area contributed by atoms with E-state index in [0.29, 0.717) is 12.2 Å². The van der Waals surface area contributed by atoms with Crippen LogP contribution in [-0.4, -0.2) is 40.6 Å². The molecule has 1 amide bonds. The molecule has 80 valence electrons. The summed E-state index contributed by atoms with van der Waals surface area (Å²) >= 11 is 1.47. The minimum absolute atomic E-state index is 0.0816. The van der Waals surface area contributed by atoms with Crippen LogP contribution in [0.5, 0.6) is 0 Å². The smallest absolute Gasteiger partial charge is 0.321 e. The minimum Gasteiger partial charge on any atom is -0.480 e. The third-order valence-electron chi connectivity index (χ3n) is 2.02. The molecule has 0 spiro atoms. The molecule has 0 bridgehead atoms. The Morgan fingerprint density at radius 3 is 3.00 bits per heavy atom. The van der Waals surface area contributed by atoms with E-state index in [2.05, 4.69) is 5.32 Å². The van der Waals surface area contributed by atoms with E-state index in [0.717, 1.165) is 12.2 Å². The van der Waals surface area contributed by atoms with Crippen LogP contribution < -0.4 is 11.1 Å². The SMILES string of the molecule is N[C@H](CSCC1CCC(=O)N1)C(=O)O. The molecule has 1 unspecified atom stereocenters. The molecule has 0 aromatic heterocycles. The van der Waals surface area contributed by atoms with Gasteiger partial charge in [-0.3, -0.25) is 9.59 Å². The Bertz CT molecular complexity index is 235. The van der Waals surface area contributed by atoms with Gasteiger partial charge in [0.2, 0.25) is 5.91 Å². The van der Waals surface area contributed by atoms with Crippen molar-refractivity contribution in [3.8, 4) is 0 Å². The number of nitrogens with two attached hydrogens (primary N) is 1. The maximum Gasteiger partial charge on any atom is 0.321 e. The van der Waals surface area contributed by atoms with E-state index in [1.807, 2.05) is 0 Å². The highest BCUT2D eigenvalue weighted by atomic mass is 32.2. The predicted molar refractivity (Wildman–Crippen MR) is 54.1 cm³/mol. The average molecular weight is 218 g/mol. The molecule has 2 atom stereocenters. The normalized spacial score (nSPS) is 23.2. The lowest BCUT2D eigenvalue weighted by Crippen LogP contribution is -2.34. The van der Waals surface area contributed by atoms with Gasteiger partial charge in [-0.05, 0) is 6.42 Å². The zero-order valence-corrected chi connectivity index (χ0v) is 8.55. The lowest BCUT2D eigenvalue weighted by molar-refractivity contribution is -0.137. The summed E-state index contributed by atoms with van der Waals surface area (Å²) < 4.78 is 0. The first-order valence-corrected chi connectivity index (χ1v) is 5.60. The molecule has 1 fully saturated rings. The maximum atomic E-state index is 10.8. The van der Waals surface area contributed by atoms with Crippen LogP contribution in [0.15, 0.2) is 0 Å². The summed E-state index contributed by atoms with van der Waals surface area (Å²) in [5.74, 6) is 0.236. The van der Waals surface area contributed by atoms with Gasteiger partial charge in [-0.25, -0.2) is 0 Å². The molecule has 14 heavy (non-hydrogen) atoms. The molecule has 0 aromatic carbocycles. The summed E-state index contributed by atoms with van der Waals surface area (Å²) in [6.45, 7) is 0. The van der Waals surface area contributed by atoms with Crippen molar-refractivity contribution >= 4 is 23.6 Å². The standard InChI is InChI=1S/C8H14N2O3S/c9-6(8(12)13)4-14-3-5-1-2-7(11)10-5/h5-6H,1-4,9H2,(H,10,11)(H,12,13)/t5?,6-/m1/s1. The van der Waals surface area contributed by atoms with Crippen LogP contribution >= 0.6 is 11.8 Å². The second-order valence-corrected chi connectivity index (χ2v) is 4.36. The van der Waals surface area contributed by atoms with Gasteiger partial charge in [0, 0.05) is 24.0 Å². The Morgan fingerprint density at radius 1 is 1.79 bits per heavy atom. The van der Waals surface area contributed by atoms with Gasteiger partial charge in [0.25, 0.3) is 0 Å². The molecule has 1 rings (SSSR count). The first kappa shape index (κ1) is 11.3. The minimum atomic E-state index is -0.979. The molecule has 1 heterocycles. The summed E-state index contributed by atoms with van der Waals surface area (Å²) in [7, 11) is 0. The van der Waals surface area contributed by atoms with Crippen molar-refractivity contribution in [3.63, 3.8) is 0 Å². The van der Waals surface area contributed by atoms with Crippen LogP contribution in [0.4, 0.5) is 0 Å². The van der Waals surface area contributed by atoms with E-state index in [9.17, 15) is 9.59 Å². The van der Waals surface area contributed by atoms with E-state index in [-0.39, 0.29) is 11.9 Å². The Balaban J connectivity index is 2.09. The third kappa shape index (κ3) is 3.55. The Kier molecular flexibility index (Phi) is 4.21. The predicted octanol–water partition coefficient (Wildman–Crippen LogP) is -0.590. The quantitative estimate of drug-likeness (QED) is 0.573. The van der Waals surface area contributed by atoms with Crippen molar-refractivity contribution in [1.29, 1.82) is 0 Å². The Labute approximate surface area is 86.4 Å². The second kappa shape index (κ2) is 5.21. The summed E-state index contributed by atoms with van der Waals surface area (Å²) in [5, 5.41) is 11.3. The van der Waals surface area contributed by atoms with E-state index in [4.69, 9.17) is 10.8 Å². The summed E-state index contributed by atoms with van der Waals surface area (Å²) in [6.07, 6.45) is 1.42. The highest BCUT2D eigenvalue weighted by Crippen LogP contribution is 2.13. The fourth-order valence-electron chi connectivity index (χ4n) is 1.21. The average Bonchev–Trinajstić information content (AvgIpc) is 2.51. The number of aliphatic carboxylic acids is 1. The van der Waals surface area contributed by atoms with Crippen molar-refractivity contribution in [3.05, 3.63) is 0 Å². The zero-order valence-electron chi connectivity index (χ0n) is 7.73. The zero-order chi connectivity index (χ0) is 10.6. The Morgan fingerprint density at radius 2 is 2.50 bits per heavy atom. The molecule has 1 aliphatic heterocycles. The number of carboxylic acid groups (broad SMARTS) is 1. The number of carboxylic acids is 1. The number of amides is 1. The lowest BCUT2D eigenvalue weighted by atomic mass is 10.2. The molecular weight excluding hydrogens is 204 g/mol. The molecule has 6 heteroatoms. The van der Waals surface area contributed by atoms with Crippen LogP contribution in [-0.2, 0) is 9.59 Å². The van der Waals surface area contributed by atoms with Crippen molar-refractivity contribution in [2.75, 3.05) is 11.5 Å². The molecular formula is C8H14N2O3S. The summed E-state index contributed by atoms with van der Waals surface area (Å²) in [5.41, 5.74) is 5.32. The molecule has 0 aliphatic carbocycles. The number of rotatable bonds is 5. The van der Waals surface area contributed by atoms with Gasteiger partial charge < -0.3 is 16.2 Å². The molecule has 0 saturated carbocycles. The van der Waals surface area contributed by atoms with Gasteiger partial charge >= 0.3 is 5.97 Å². The molecule has 1 saturated heterocycles. The molecule has 5 nitrogen and oxygen atoms in total. The number of nitrogens with one attached hydrogen (secondary N) is 1. The topological polar surface area (TPSA) is 92.4 Å². The van der Waals surface area contributed by atoms with Crippen LogP contribution in [0, 0.1) is 0 Å². The van der Waals surface area contributed by atoms with Crippen LogP contribution in [0.1, 0.15) is 12.8 Å². The van der Waals surface area contributed by atoms with Crippen LogP contribution in [0.2, 0.25) is 0 Å². The van der Waals surface area contributed by atoms with Crippen molar-refractivity contribution in [2.45, 2.75) is 24.9 Å². The van der Waals surface area contributed by atoms with Gasteiger partial charge in [-0.15, -0.1) is 0 Å². The number of carbonyl (C=O) groups is 2. The van der Waals surface area contributed by atoms with Crippen molar-refractivity contribution in [2.24, 2.45) is 5.73 Å². The van der Waals surface area contributed by atoms with E-state index in [1.165, 1.54) is 11.8 Å². The second-order valence-electron chi connectivity index (χ2n) is 3.29. The Hall–Kier alpha value is -0.750. The number of carbonyl (C=O) groups excluding carboxylic acids is 1. The fourth-order valence-corrected chi connectivity index (χ4v) is 2.28. The van der Waals surface area contributed by atoms with Gasteiger partial charge in [-0.1, -0.05) is 0 Å². The van der Waals surface area contributed by atoms with Gasteiger partial charge in [-0.2, -0.15) is 11.8 Å². The number of thioether (sulfide) groups is 1. The highest BCUT2D eigenvalue weighted by molar-refractivity contribution is 7.99. The molecule has 0 aromatic rings. The molecule has 4 N–H and O–H groups in total.